The van der Waals surface area contributed by atoms with Crippen LogP contribution in [0, 0.1) is 11.3 Å². The monoisotopic (exact) mass is 408 g/mol. The standard InChI is InChI=1S/C23H25ClN4O/c24-20-16-18(17-25)6-7-23(20)29-15-2-1-10-27-11-13-28(14-12-27)22-5-3-4-21-19(22)8-9-26-21/h3-9,16,26H,1-2,10-15H2. The number of hydrogen-bond acceptors (Lipinski definition) is 4. The van der Waals surface area contributed by atoms with E-state index in [2.05, 4.69) is 45.1 Å². The van der Waals surface area contributed by atoms with Gasteiger partial charge in [-0.3, -0.25) is 4.90 Å². The van der Waals surface area contributed by atoms with Gasteiger partial charge in [-0.1, -0.05) is 17.7 Å². The molecule has 0 unspecified atom stereocenters. The third kappa shape index (κ3) is 4.67. The number of nitrogens with zero attached hydrogens (tertiary/aromatic N) is 3. The van der Waals surface area contributed by atoms with E-state index in [0.29, 0.717) is 22.9 Å². The van der Waals surface area contributed by atoms with Crippen LogP contribution in [-0.2, 0) is 0 Å². The van der Waals surface area contributed by atoms with Crippen LogP contribution in [0.4, 0.5) is 5.69 Å². The molecule has 0 saturated carbocycles. The number of fused-ring (bicyclic) bond motifs is 1. The molecular formula is C23H25ClN4O. The van der Waals surface area contributed by atoms with Crippen molar-refractivity contribution in [3.8, 4) is 11.8 Å². The molecule has 3 aromatic rings. The van der Waals surface area contributed by atoms with Crippen molar-refractivity contribution in [2.45, 2.75) is 12.8 Å². The molecule has 5 nitrogen and oxygen atoms in total. The van der Waals surface area contributed by atoms with Crippen LogP contribution in [0.1, 0.15) is 18.4 Å². The molecule has 0 atom stereocenters. The number of nitriles is 1. The highest BCUT2D eigenvalue weighted by Crippen LogP contribution is 2.27. The van der Waals surface area contributed by atoms with Crippen molar-refractivity contribution in [2.75, 3.05) is 44.2 Å². The summed E-state index contributed by atoms with van der Waals surface area (Å²) in [6.45, 7) is 6.02. The van der Waals surface area contributed by atoms with Crippen molar-refractivity contribution in [2.24, 2.45) is 0 Å². The quantitative estimate of drug-likeness (QED) is 0.577. The highest BCUT2D eigenvalue weighted by Gasteiger charge is 2.18. The average Bonchev–Trinajstić information content (AvgIpc) is 3.24. The van der Waals surface area contributed by atoms with Crippen molar-refractivity contribution in [3.05, 3.63) is 59.2 Å². The molecule has 1 aliphatic rings. The van der Waals surface area contributed by atoms with Crippen LogP contribution in [0.15, 0.2) is 48.7 Å². The zero-order valence-electron chi connectivity index (χ0n) is 16.4. The summed E-state index contributed by atoms with van der Waals surface area (Å²) in [4.78, 5) is 8.32. The van der Waals surface area contributed by atoms with Crippen LogP contribution >= 0.6 is 11.6 Å². The summed E-state index contributed by atoms with van der Waals surface area (Å²) < 4.78 is 5.76. The minimum atomic E-state index is 0.498. The molecule has 1 fully saturated rings. The van der Waals surface area contributed by atoms with Gasteiger partial charge in [0, 0.05) is 49.0 Å². The third-order valence-electron chi connectivity index (χ3n) is 5.47. The summed E-state index contributed by atoms with van der Waals surface area (Å²) in [6, 6.07) is 15.9. The Kier molecular flexibility index (Phi) is 6.24. The first-order valence-electron chi connectivity index (χ1n) is 10.1. The normalized spacial score (nSPS) is 14.8. The van der Waals surface area contributed by atoms with Crippen LogP contribution in [0.2, 0.25) is 5.02 Å². The Hall–Kier alpha value is -2.68. The number of aromatic amines is 1. The molecule has 0 amide bonds. The Bertz CT molecular complexity index is 1000. The second-order valence-electron chi connectivity index (χ2n) is 7.36. The maximum Gasteiger partial charge on any atom is 0.137 e. The third-order valence-corrected chi connectivity index (χ3v) is 5.77. The van der Waals surface area contributed by atoms with E-state index in [9.17, 15) is 0 Å². The van der Waals surface area contributed by atoms with Crippen LogP contribution in [0.25, 0.3) is 10.9 Å². The second kappa shape index (κ2) is 9.21. The number of benzene rings is 2. The number of unbranched alkanes of at least 4 members (excludes halogenated alkanes) is 1. The summed E-state index contributed by atoms with van der Waals surface area (Å²) >= 11 is 6.15. The summed E-state index contributed by atoms with van der Waals surface area (Å²) in [5.41, 5.74) is 3.08. The number of hydrogen-bond donors (Lipinski definition) is 1. The molecule has 2 heterocycles. The first-order chi connectivity index (χ1) is 14.2. The SMILES string of the molecule is N#Cc1ccc(OCCCCN2CCN(c3cccc4[nH]ccc34)CC2)c(Cl)c1. The fourth-order valence-corrected chi connectivity index (χ4v) is 4.10. The van der Waals surface area contributed by atoms with Gasteiger partial charge in [0.15, 0.2) is 0 Å². The van der Waals surface area contributed by atoms with E-state index >= 15 is 0 Å². The molecule has 1 aromatic heterocycles. The van der Waals surface area contributed by atoms with Crippen molar-refractivity contribution in [1.82, 2.24) is 9.88 Å². The topological polar surface area (TPSA) is 55.3 Å². The second-order valence-corrected chi connectivity index (χ2v) is 7.76. The lowest BCUT2D eigenvalue weighted by molar-refractivity contribution is 0.239. The zero-order chi connectivity index (χ0) is 20.1. The van der Waals surface area contributed by atoms with Gasteiger partial charge in [0.05, 0.1) is 23.3 Å². The predicted molar refractivity (Wildman–Crippen MR) is 118 cm³/mol. The molecule has 0 aliphatic carbocycles. The van der Waals surface area contributed by atoms with Crippen LogP contribution in [-0.4, -0.2) is 49.2 Å². The molecule has 2 aromatic carbocycles. The number of aromatic nitrogens is 1. The largest absolute Gasteiger partial charge is 0.492 e. The van der Waals surface area contributed by atoms with Crippen LogP contribution in [0.3, 0.4) is 0 Å². The molecular weight excluding hydrogens is 384 g/mol. The lowest BCUT2D eigenvalue weighted by Gasteiger charge is -2.36. The van der Waals surface area contributed by atoms with Crippen molar-refractivity contribution in [3.63, 3.8) is 0 Å². The minimum absolute atomic E-state index is 0.498. The maximum absolute atomic E-state index is 8.88. The number of rotatable bonds is 7. The Morgan fingerprint density at radius 1 is 1.07 bits per heavy atom. The molecule has 0 spiro atoms. The highest BCUT2D eigenvalue weighted by atomic mass is 35.5. The molecule has 29 heavy (non-hydrogen) atoms. The van der Waals surface area contributed by atoms with E-state index in [4.69, 9.17) is 21.6 Å². The van der Waals surface area contributed by atoms with Gasteiger partial charge in [-0.25, -0.2) is 0 Å². The van der Waals surface area contributed by atoms with Crippen LogP contribution in [0.5, 0.6) is 5.75 Å². The van der Waals surface area contributed by atoms with E-state index in [1.54, 1.807) is 18.2 Å². The van der Waals surface area contributed by atoms with Crippen LogP contribution < -0.4 is 9.64 Å². The lowest BCUT2D eigenvalue weighted by Crippen LogP contribution is -2.46. The highest BCUT2D eigenvalue weighted by molar-refractivity contribution is 6.32. The fourth-order valence-electron chi connectivity index (χ4n) is 3.86. The minimum Gasteiger partial charge on any atom is -0.492 e. The van der Waals surface area contributed by atoms with Gasteiger partial charge >= 0.3 is 0 Å². The smallest absolute Gasteiger partial charge is 0.137 e. The van der Waals surface area contributed by atoms with Gasteiger partial charge in [0.2, 0.25) is 0 Å². The average molecular weight is 409 g/mol. The lowest BCUT2D eigenvalue weighted by atomic mass is 10.1. The Labute approximate surface area is 176 Å². The van der Waals surface area contributed by atoms with Gasteiger partial charge in [-0.2, -0.15) is 5.26 Å². The molecule has 0 bridgehead atoms. The van der Waals surface area contributed by atoms with Gasteiger partial charge < -0.3 is 14.6 Å². The summed E-state index contributed by atoms with van der Waals surface area (Å²) in [7, 11) is 0. The first-order valence-corrected chi connectivity index (χ1v) is 10.5. The number of ether oxygens (including phenoxy) is 1. The van der Waals surface area contributed by atoms with E-state index in [1.807, 2.05) is 6.20 Å². The number of H-pyrrole nitrogens is 1. The Morgan fingerprint density at radius 2 is 1.93 bits per heavy atom. The van der Waals surface area contributed by atoms with E-state index in [0.717, 1.165) is 45.6 Å². The molecule has 4 rings (SSSR count). The van der Waals surface area contributed by atoms with Crippen molar-refractivity contribution < 1.29 is 4.74 Å². The number of anilines is 1. The van der Waals surface area contributed by atoms with Gasteiger partial charge in [-0.15, -0.1) is 0 Å². The Balaban J connectivity index is 1.18. The molecule has 0 radical (unpaired) electrons. The van der Waals surface area contributed by atoms with Gasteiger partial charge in [0.25, 0.3) is 0 Å². The van der Waals surface area contributed by atoms with Crippen molar-refractivity contribution >= 4 is 28.2 Å². The summed E-state index contributed by atoms with van der Waals surface area (Å²) in [5, 5.41) is 10.7. The zero-order valence-corrected chi connectivity index (χ0v) is 17.2. The molecule has 1 aliphatic heterocycles. The number of piperazine rings is 1. The predicted octanol–water partition coefficient (Wildman–Crippen LogP) is 4.67. The summed E-state index contributed by atoms with van der Waals surface area (Å²) in [5.74, 6) is 0.651. The number of nitrogens with one attached hydrogen (secondary N) is 1. The summed E-state index contributed by atoms with van der Waals surface area (Å²) in [6.07, 6.45) is 4.10. The van der Waals surface area contributed by atoms with Gasteiger partial charge in [0.1, 0.15) is 5.75 Å². The van der Waals surface area contributed by atoms with Gasteiger partial charge in [-0.05, 0) is 55.8 Å². The molecule has 6 heteroatoms. The van der Waals surface area contributed by atoms with E-state index in [-0.39, 0.29) is 0 Å². The maximum atomic E-state index is 8.88. The molecule has 1 saturated heterocycles. The fraction of sp³-hybridized carbons (Fsp3) is 0.348. The van der Waals surface area contributed by atoms with E-state index < -0.39 is 0 Å². The molecule has 1 N–H and O–H groups in total. The molecule has 150 valence electrons. The van der Waals surface area contributed by atoms with E-state index in [1.165, 1.54) is 16.6 Å². The first kappa shape index (κ1) is 19.6. The van der Waals surface area contributed by atoms with Crippen molar-refractivity contribution in [1.29, 1.82) is 5.26 Å². The Morgan fingerprint density at radius 3 is 2.72 bits per heavy atom. The number of halogens is 1.